The molecule has 11 heteroatoms. The second-order valence-electron chi connectivity index (χ2n) is 9.14. The molecule has 0 aromatic heterocycles. The van der Waals surface area contributed by atoms with Gasteiger partial charge in [0.2, 0.25) is 15.9 Å². The van der Waals surface area contributed by atoms with Crippen molar-refractivity contribution < 1.29 is 27.1 Å². The lowest BCUT2D eigenvalue weighted by Gasteiger charge is -2.32. The van der Waals surface area contributed by atoms with Crippen molar-refractivity contribution in [3.8, 4) is 5.75 Å². The van der Waals surface area contributed by atoms with Crippen molar-refractivity contribution in [2.45, 2.75) is 17.7 Å². The Morgan fingerprint density at radius 1 is 0.972 bits per heavy atom. The summed E-state index contributed by atoms with van der Waals surface area (Å²) in [7, 11) is -0.600. The van der Waals surface area contributed by atoms with Crippen molar-refractivity contribution in [2.75, 3.05) is 58.7 Å². The van der Waals surface area contributed by atoms with Crippen LogP contribution in [0.3, 0.4) is 0 Å². The number of ether oxygens (including phenoxy) is 1. The van der Waals surface area contributed by atoms with Gasteiger partial charge in [0.1, 0.15) is 16.5 Å². The summed E-state index contributed by atoms with van der Waals surface area (Å²) >= 11 is 0. The summed E-state index contributed by atoms with van der Waals surface area (Å²) in [6.07, 6.45) is 0.672. The largest absolute Gasteiger partial charge is 0.495 e. The Bertz CT molecular complexity index is 1210. The molecule has 2 aliphatic heterocycles. The molecule has 0 radical (unpaired) electrons. The molecule has 2 aromatic carbocycles. The predicted molar refractivity (Wildman–Crippen MR) is 133 cm³/mol. The molecule has 2 saturated heterocycles. The number of nitrogens with one attached hydrogen (secondary N) is 1. The molecule has 0 saturated carbocycles. The van der Waals surface area contributed by atoms with E-state index in [0.29, 0.717) is 37.2 Å². The molecular formula is C25H31FN4O5S. The quantitative estimate of drug-likeness (QED) is 0.630. The normalized spacial score (nSPS) is 18.1. The fourth-order valence-electron chi connectivity index (χ4n) is 4.48. The monoisotopic (exact) mass is 518 g/mol. The first-order chi connectivity index (χ1) is 17.2. The number of sulfonamides is 1. The van der Waals surface area contributed by atoms with E-state index in [-0.39, 0.29) is 41.5 Å². The van der Waals surface area contributed by atoms with Crippen LogP contribution in [0.25, 0.3) is 0 Å². The number of carbonyl (C=O) groups is 2. The van der Waals surface area contributed by atoms with Gasteiger partial charge in [-0.3, -0.25) is 9.59 Å². The van der Waals surface area contributed by atoms with Crippen LogP contribution in [0, 0.1) is 11.7 Å². The summed E-state index contributed by atoms with van der Waals surface area (Å²) in [6.45, 7) is 3.34. The van der Waals surface area contributed by atoms with Crippen molar-refractivity contribution in [3.05, 3.63) is 53.8 Å². The van der Waals surface area contributed by atoms with E-state index in [0.717, 1.165) is 25.2 Å². The Labute approximate surface area is 210 Å². The number of hydrogen-bond acceptors (Lipinski definition) is 6. The highest BCUT2D eigenvalue weighted by atomic mass is 32.2. The Balaban J connectivity index is 1.33. The highest BCUT2D eigenvalue weighted by molar-refractivity contribution is 7.89. The molecule has 4 rings (SSSR count). The molecule has 0 spiro atoms. The summed E-state index contributed by atoms with van der Waals surface area (Å²) in [4.78, 5) is 29.3. The van der Waals surface area contributed by atoms with Gasteiger partial charge < -0.3 is 19.9 Å². The number of benzene rings is 2. The number of amides is 2. The van der Waals surface area contributed by atoms with E-state index in [9.17, 15) is 22.4 Å². The summed E-state index contributed by atoms with van der Waals surface area (Å²) in [5.41, 5.74) is 1.15. The molecule has 1 N–H and O–H groups in total. The summed E-state index contributed by atoms with van der Waals surface area (Å²) in [5, 5.41) is 2.87. The molecule has 2 amide bonds. The summed E-state index contributed by atoms with van der Waals surface area (Å²) in [6, 6.07) is 10.2. The van der Waals surface area contributed by atoms with Gasteiger partial charge in [0, 0.05) is 56.4 Å². The van der Waals surface area contributed by atoms with Gasteiger partial charge in [-0.25, -0.2) is 12.8 Å². The van der Waals surface area contributed by atoms with Crippen LogP contribution in [0.4, 0.5) is 10.1 Å². The average molecular weight is 519 g/mol. The van der Waals surface area contributed by atoms with Crippen molar-refractivity contribution in [1.29, 1.82) is 0 Å². The molecule has 36 heavy (non-hydrogen) atoms. The number of halogens is 1. The highest BCUT2D eigenvalue weighted by Gasteiger charge is 2.34. The van der Waals surface area contributed by atoms with E-state index < -0.39 is 15.8 Å². The van der Waals surface area contributed by atoms with Crippen LogP contribution in [0.2, 0.25) is 0 Å². The zero-order valence-electron chi connectivity index (χ0n) is 20.4. The van der Waals surface area contributed by atoms with Crippen LogP contribution >= 0.6 is 0 Å². The molecule has 2 aliphatic rings. The van der Waals surface area contributed by atoms with Crippen molar-refractivity contribution in [1.82, 2.24) is 14.1 Å². The third-order valence-electron chi connectivity index (χ3n) is 6.76. The average Bonchev–Trinajstić information content (AvgIpc) is 2.89. The van der Waals surface area contributed by atoms with Gasteiger partial charge in [0.25, 0.3) is 5.91 Å². The van der Waals surface area contributed by atoms with Gasteiger partial charge >= 0.3 is 0 Å². The van der Waals surface area contributed by atoms with E-state index >= 15 is 0 Å². The maximum atomic E-state index is 13.7. The van der Waals surface area contributed by atoms with Crippen molar-refractivity contribution in [2.24, 2.45) is 5.92 Å². The Morgan fingerprint density at radius 3 is 2.22 bits per heavy atom. The van der Waals surface area contributed by atoms with Crippen LogP contribution in [-0.2, 0) is 14.8 Å². The molecule has 0 bridgehead atoms. The minimum Gasteiger partial charge on any atom is -0.495 e. The fourth-order valence-corrected chi connectivity index (χ4v) is 6.12. The first kappa shape index (κ1) is 26.1. The Kier molecular flexibility index (Phi) is 7.91. The molecule has 0 atom stereocenters. The van der Waals surface area contributed by atoms with Gasteiger partial charge in [-0.2, -0.15) is 4.31 Å². The fraction of sp³-hybridized carbons (Fsp3) is 0.440. The second kappa shape index (κ2) is 10.9. The van der Waals surface area contributed by atoms with E-state index in [1.54, 1.807) is 24.3 Å². The maximum Gasteiger partial charge on any atom is 0.253 e. The molecular weight excluding hydrogens is 487 g/mol. The number of hydrogen-bond donors (Lipinski definition) is 1. The molecule has 0 aliphatic carbocycles. The van der Waals surface area contributed by atoms with Crippen LogP contribution < -0.4 is 10.1 Å². The number of likely N-dealkylation sites (N-methyl/N-ethyl adjacent to an activating group) is 1. The minimum atomic E-state index is -3.96. The molecule has 2 aromatic rings. The van der Waals surface area contributed by atoms with Crippen LogP contribution in [0.1, 0.15) is 23.2 Å². The zero-order valence-corrected chi connectivity index (χ0v) is 21.3. The maximum absolute atomic E-state index is 13.7. The lowest BCUT2D eigenvalue weighted by molar-refractivity contribution is -0.120. The smallest absolute Gasteiger partial charge is 0.253 e. The van der Waals surface area contributed by atoms with Crippen molar-refractivity contribution >= 4 is 27.5 Å². The van der Waals surface area contributed by atoms with Gasteiger partial charge in [0.05, 0.1) is 7.11 Å². The first-order valence-corrected chi connectivity index (χ1v) is 13.4. The van der Waals surface area contributed by atoms with E-state index in [1.165, 1.54) is 17.5 Å². The van der Waals surface area contributed by atoms with E-state index in [4.69, 9.17) is 4.74 Å². The standard InChI is InChI=1S/C25H31FN4O5S/c1-28-13-15-29(16-14-28)25(32)19-3-6-21(7-4-19)27-24(31)18-9-11-30(12-10-18)36(33,34)23-17-20(26)5-8-22(23)35-2/h3-8,17-18H,9-16H2,1-2H3,(H,27,31). The van der Waals surface area contributed by atoms with Gasteiger partial charge in [-0.05, 0) is 62.4 Å². The van der Waals surface area contributed by atoms with Crippen LogP contribution in [0.5, 0.6) is 5.75 Å². The zero-order chi connectivity index (χ0) is 25.9. The number of piperazine rings is 1. The van der Waals surface area contributed by atoms with Gasteiger partial charge in [0.15, 0.2) is 0 Å². The molecule has 194 valence electrons. The highest BCUT2D eigenvalue weighted by Crippen LogP contribution is 2.30. The number of carbonyl (C=O) groups excluding carboxylic acids is 2. The lowest BCUT2D eigenvalue weighted by Crippen LogP contribution is -2.47. The minimum absolute atomic E-state index is 0.0236. The second-order valence-corrected chi connectivity index (χ2v) is 11.0. The molecule has 0 unspecified atom stereocenters. The summed E-state index contributed by atoms with van der Waals surface area (Å²) in [5.74, 6) is -1.18. The van der Waals surface area contributed by atoms with Crippen LogP contribution in [-0.4, -0.2) is 87.8 Å². The lowest BCUT2D eigenvalue weighted by atomic mass is 9.97. The predicted octanol–water partition coefficient (Wildman–Crippen LogP) is 2.26. The van der Waals surface area contributed by atoms with Gasteiger partial charge in [-0.15, -0.1) is 0 Å². The van der Waals surface area contributed by atoms with E-state index in [1.807, 2.05) is 11.9 Å². The number of anilines is 1. The summed E-state index contributed by atoms with van der Waals surface area (Å²) < 4.78 is 46.2. The molecule has 2 fully saturated rings. The number of piperidine rings is 1. The molecule has 9 nitrogen and oxygen atoms in total. The van der Waals surface area contributed by atoms with Crippen molar-refractivity contribution in [3.63, 3.8) is 0 Å². The number of rotatable bonds is 6. The Hall–Kier alpha value is -3.02. The van der Waals surface area contributed by atoms with Crippen LogP contribution in [0.15, 0.2) is 47.4 Å². The third kappa shape index (κ3) is 5.69. The number of methoxy groups -OCH3 is 1. The molecule has 2 heterocycles. The Morgan fingerprint density at radius 2 is 1.61 bits per heavy atom. The third-order valence-corrected chi connectivity index (χ3v) is 8.68. The van der Waals surface area contributed by atoms with E-state index in [2.05, 4.69) is 10.2 Å². The first-order valence-electron chi connectivity index (χ1n) is 11.9. The topological polar surface area (TPSA) is 99.3 Å². The SMILES string of the molecule is COc1ccc(F)cc1S(=O)(=O)N1CCC(C(=O)Nc2ccc(C(=O)N3CCN(C)CC3)cc2)CC1. The van der Waals surface area contributed by atoms with Gasteiger partial charge in [-0.1, -0.05) is 0 Å². The number of nitrogens with zero attached hydrogens (tertiary/aromatic N) is 3.